The molecule has 2 N–H and O–H groups in total. The summed E-state index contributed by atoms with van der Waals surface area (Å²) in [7, 11) is 0. The summed E-state index contributed by atoms with van der Waals surface area (Å²) in [6, 6.07) is 10.3. The van der Waals surface area contributed by atoms with Gasteiger partial charge in [0.05, 0.1) is 17.4 Å². The van der Waals surface area contributed by atoms with Crippen molar-refractivity contribution in [3.05, 3.63) is 70.5 Å². The third-order valence-electron chi connectivity index (χ3n) is 4.25. The van der Waals surface area contributed by atoms with Gasteiger partial charge in [-0.25, -0.2) is 4.68 Å². The van der Waals surface area contributed by atoms with Crippen LogP contribution in [0.2, 0.25) is 5.02 Å². The Morgan fingerprint density at radius 2 is 1.63 bits per heavy atom. The lowest BCUT2D eigenvalue weighted by molar-refractivity contribution is -0.143. The Hall–Kier alpha value is -3.33. The van der Waals surface area contributed by atoms with E-state index < -0.39 is 23.3 Å². The van der Waals surface area contributed by atoms with Crippen molar-refractivity contribution in [2.75, 3.05) is 10.6 Å². The summed E-state index contributed by atoms with van der Waals surface area (Å²) < 4.78 is 42.0. The maximum Gasteiger partial charge on any atom is 0.434 e. The van der Waals surface area contributed by atoms with Gasteiger partial charge >= 0.3 is 6.18 Å². The summed E-state index contributed by atoms with van der Waals surface area (Å²) in [5.41, 5.74) is -0.541. The first-order valence-corrected chi connectivity index (χ1v) is 9.05. The molecule has 156 valence electrons. The fraction of sp³-hybridized carbons (Fsp3) is 0.150. The van der Waals surface area contributed by atoms with Crippen LogP contribution in [0.1, 0.15) is 28.5 Å². The average molecular weight is 437 g/mol. The maximum atomic E-state index is 13.8. The summed E-state index contributed by atoms with van der Waals surface area (Å²) in [5, 5.41) is 9.17. The number of rotatable bonds is 4. The Balaban J connectivity index is 1.99. The highest BCUT2D eigenvalue weighted by Gasteiger charge is 2.40. The number of benzene rings is 2. The molecule has 10 heteroatoms. The second kappa shape index (κ2) is 8.19. The predicted octanol–water partition coefficient (Wildman–Crippen LogP) is 5.06. The molecule has 0 aliphatic rings. The molecule has 1 heterocycles. The molecule has 30 heavy (non-hydrogen) atoms. The monoisotopic (exact) mass is 436 g/mol. The minimum absolute atomic E-state index is 0.106. The number of nitrogens with one attached hydrogen (secondary N) is 2. The standard InChI is InChI=1S/C20H16ClF3N4O2/c1-11-16(26-12(2)29)4-3-5-17(11)27-19(30)15-10-25-28(18(15)20(22,23)24)14-8-6-13(21)7-9-14/h3-10H,1-2H3,(H,26,29)(H,27,30). The SMILES string of the molecule is CC(=O)Nc1cccc(NC(=O)c2cnn(-c3ccc(Cl)cc3)c2C(F)(F)F)c1C. The number of amides is 2. The highest BCUT2D eigenvalue weighted by Crippen LogP contribution is 2.34. The number of hydrogen-bond donors (Lipinski definition) is 2. The van der Waals surface area contributed by atoms with Crippen molar-refractivity contribution in [3.63, 3.8) is 0 Å². The molecule has 0 bridgehead atoms. The van der Waals surface area contributed by atoms with Crippen LogP contribution in [0, 0.1) is 6.92 Å². The minimum atomic E-state index is -4.84. The van der Waals surface area contributed by atoms with E-state index in [-0.39, 0.29) is 17.3 Å². The van der Waals surface area contributed by atoms with Crippen LogP contribution in [0.4, 0.5) is 24.5 Å². The number of carbonyl (C=O) groups excluding carboxylic acids is 2. The summed E-state index contributed by atoms with van der Waals surface area (Å²) in [6.45, 7) is 2.95. The van der Waals surface area contributed by atoms with Crippen LogP contribution in [-0.4, -0.2) is 21.6 Å². The van der Waals surface area contributed by atoms with Gasteiger partial charge in [0.15, 0.2) is 5.69 Å². The van der Waals surface area contributed by atoms with Gasteiger partial charge in [-0.05, 0) is 48.9 Å². The van der Waals surface area contributed by atoms with Gasteiger partial charge in [-0.15, -0.1) is 0 Å². The topological polar surface area (TPSA) is 76.0 Å². The summed E-state index contributed by atoms with van der Waals surface area (Å²) in [4.78, 5) is 24.0. The van der Waals surface area contributed by atoms with Crippen molar-refractivity contribution in [1.29, 1.82) is 0 Å². The van der Waals surface area contributed by atoms with Crippen LogP contribution >= 0.6 is 11.6 Å². The highest BCUT2D eigenvalue weighted by molar-refractivity contribution is 6.30. The van der Waals surface area contributed by atoms with Crippen LogP contribution in [-0.2, 0) is 11.0 Å². The number of halogens is 4. The molecule has 0 fully saturated rings. The van der Waals surface area contributed by atoms with Gasteiger partial charge in [0.2, 0.25) is 5.91 Å². The molecule has 6 nitrogen and oxygen atoms in total. The van der Waals surface area contributed by atoms with Crippen LogP contribution in [0.3, 0.4) is 0 Å². The Morgan fingerprint density at radius 3 is 2.20 bits per heavy atom. The molecule has 0 saturated carbocycles. The van der Waals surface area contributed by atoms with Gasteiger partial charge in [0, 0.05) is 23.3 Å². The zero-order chi connectivity index (χ0) is 22.1. The Labute approximate surface area is 174 Å². The van der Waals surface area contributed by atoms with Gasteiger partial charge in [0.1, 0.15) is 0 Å². The molecule has 2 aromatic carbocycles. The summed E-state index contributed by atoms with van der Waals surface area (Å²) in [5.74, 6) is -1.30. The van der Waals surface area contributed by atoms with Gasteiger partial charge in [0.25, 0.3) is 5.91 Å². The van der Waals surface area contributed by atoms with Gasteiger partial charge in [-0.1, -0.05) is 17.7 Å². The number of carbonyl (C=O) groups is 2. The molecule has 1 aromatic heterocycles. The predicted molar refractivity (Wildman–Crippen MR) is 107 cm³/mol. The number of alkyl halides is 3. The molecule has 0 radical (unpaired) electrons. The first-order valence-electron chi connectivity index (χ1n) is 8.67. The Morgan fingerprint density at radius 1 is 1.03 bits per heavy atom. The normalized spacial score (nSPS) is 11.3. The first-order chi connectivity index (χ1) is 14.1. The van der Waals surface area contributed by atoms with Crippen molar-refractivity contribution in [2.45, 2.75) is 20.0 Å². The second-order valence-electron chi connectivity index (χ2n) is 6.41. The molecule has 0 atom stereocenters. The van der Waals surface area contributed by atoms with Crippen molar-refractivity contribution >= 4 is 34.8 Å². The molecule has 0 saturated heterocycles. The third kappa shape index (κ3) is 4.46. The fourth-order valence-electron chi connectivity index (χ4n) is 2.85. The van der Waals surface area contributed by atoms with Gasteiger partial charge in [-0.3, -0.25) is 9.59 Å². The molecule has 2 amide bonds. The van der Waals surface area contributed by atoms with E-state index in [9.17, 15) is 22.8 Å². The second-order valence-corrected chi connectivity index (χ2v) is 6.84. The fourth-order valence-corrected chi connectivity index (χ4v) is 2.98. The molecule has 0 unspecified atom stereocenters. The van der Waals surface area contributed by atoms with E-state index in [0.717, 1.165) is 6.20 Å². The lowest BCUT2D eigenvalue weighted by Gasteiger charge is -2.15. The molecule has 3 aromatic rings. The smallest absolute Gasteiger partial charge is 0.326 e. The largest absolute Gasteiger partial charge is 0.434 e. The van der Waals surface area contributed by atoms with Gasteiger partial charge < -0.3 is 10.6 Å². The lowest BCUT2D eigenvalue weighted by Crippen LogP contribution is -2.21. The molecular weight excluding hydrogens is 421 g/mol. The zero-order valence-corrected chi connectivity index (χ0v) is 16.6. The summed E-state index contributed by atoms with van der Waals surface area (Å²) >= 11 is 5.79. The van der Waals surface area contributed by atoms with Crippen molar-refractivity contribution < 1.29 is 22.8 Å². The molecular formula is C20H16ClF3N4O2. The van der Waals surface area contributed by atoms with E-state index >= 15 is 0 Å². The maximum absolute atomic E-state index is 13.8. The van der Waals surface area contributed by atoms with E-state index in [0.29, 0.717) is 21.0 Å². The van der Waals surface area contributed by atoms with Crippen LogP contribution in [0.25, 0.3) is 5.69 Å². The van der Waals surface area contributed by atoms with Gasteiger partial charge in [-0.2, -0.15) is 18.3 Å². The number of aromatic nitrogens is 2. The summed E-state index contributed by atoms with van der Waals surface area (Å²) in [6.07, 6.45) is -3.98. The van der Waals surface area contributed by atoms with Crippen molar-refractivity contribution in [2.24, 2.45) is 0 Å². The Bertz CT molecular complexity index is 1110. The van der Waals surface area contributed by atoms with E-state index in [1.165, 1.54) is 37.3 Å². The number of nitrogens with zero attached hydrogens (tertiary/aromatic N) is 2. The zero-order valence-electron chi connectivity index (χ0n) is 15.8. The van der Waals surface area contributed by atoms with E-state index in [1.54, 1.807) is 19.1 Å². The Kier molecular flexibility index (Phi) is 5.84. The number of hydrogen-bond acceptors (Lipinski definition) is 3. The van der Waals surface area contributed by atoms with Crippen molar-refractivity contribution in [1.82, 2.24) is 9.78 Å². The van der Waals surface area contributed by atoms with Crippen molar-refractivity contribution in [3.8, 4) is 5.69 Å². The average Bonchev–Trinajstić information content (AvgIpc) is 3.11. The van der Waals surface area contributed by atoms with E-state index in [4.69, 9.17) is 11.6 Å². The highest BCUT2D eigenvalue weighted by atomic mass is 35.5. The first kappa shape index (κ1) is 21.4. The quantitative estimate of drug-likeness (QED) is 0.600. The minimum Gasteiger partial charge on any atom is -0.326 e. The van der Waals surface area contributed by atoms with E-state index in [2.05, 4.69) is 15.7 Å². The number of anilines is 2. The van der Waals surface area contributed by atoms with Crippen LogP contribution in [0.15, 0.2) is 48.7 Å². The van der Waals surface area contributed by atoms with Crippen LogP contribution < -0.4 is 10.6 Å². The third-order valence-corrected chi connectivity index (χ3v) is 4.50. The molecule has 0 spiro atoms. The molecule has 3 rings (SSSR count). The van der Waals surface area contributed by atoms with Crippen LogP contribution in [0.5, 0.6) is 0 Å². The lowest BCUT2D eigenvalue weighted by atomic mass is 10.1. The van der Waals surface area contributed by atoms with E-state index in [1.807, 2.05) is 0 Å². The molecule has 0 aliphatic heterocycles. The molecule has 0 aliphatic carbocycles.